The van der Waals surface area contributed by atoms with Gasteiger partial charge < -0.3 is 4.74 Å². The van der Waals surface area contributed by atoms with Gasteiger partial charge in [0.25, 0.3) is 0 Å². The number of hydrogen-bond acceptors (Lipinski definition) is 1. The van der Waals surface area contributed by atoms with E-state index in [0.29, 0.717) is 6.61 Å². The lowest BCUT2D eigenvalue weighted by Gasteiger charge is -2.02. The lowest BCUT2D eigenvalue weighted by atomic mass is 10.2. The van der Waals surface area contributed by atoms with Crippen LogP contribution in [0.15, 0.2) is 54.6 Å². The SMILES string of the molecule is Cc1ccc(OCC=Cc2cccc(Cl)c2)cc1. The van der Waals surface area contributed by atoms with Gasteiger partial charge in [-0.25, -0.2) is 0 Å². The fraction of sp³-hybridized carbons (Fsp3) is 0.125. The predicted molar refractivity (Wildman–Crippen MR) is 77.2 cm³/mol. The summed E-state index contributed by atoms with van der Waals surface area (Å²) in [5.74, 6) is 0.886. The molecule has 0 saturated carbocycles. The highest BCUT2D eigenvalue weighted by Gasteiger charge is 1.91. The summed E-state index contributed by atoms with van der Waals surface area (Å²) in [6.45, 7) is 2.61. The largest absolute Gasteiger partial charge is 0.490 e. The molecule has 2 aromatic rings. The maximum atomic E-state index is 5.90. The molecule has 2 rings (SSSR count). The zero-order valence-corrected chi connectivity index (χ0v) is 11.0. The minimum absolute atomic E-state index is 0.551. The van der Waals surface area contributed by atoms with Crippen LogP contribution in [0, 0.1) is 6.92 Å². The smallest absolute Gasteiger partial charge is 0.119 e. The summed E-state index contributed by atoms with van der Waals surface area (Å²) in [7, 11) is 0. The maximum absolute atomic E-state index is 5.90. The van der Waals surface area contributed by atoms with Crippen molar-refractivity contribution in [2.24, 2.45) is 0 Å². The number of rotatable bonds is 4. The molecule has 0 saturated heterocycles. The number of ether oxygens (including phenoxy) is 1. The van der Waals surface area contributed by atoms with Gasteiger partial charge in [-0.05, 0) is 42.8 Å². The monoisotopic (exact) mass is 258 g/mol. The number of halogens is 1. The van der Waals surface area contributed by atoms with Crippen molar-refractivity contribution in [3.8, 4) is 5.75 Å². The average Bonchev–Trinajstić information content (AvgIpc) is 2.37. The topological polar surface area (TPSA) is 9.23 Å². The van der Waals surface area contributed by atoms with E-state index in [-0.39, 0.29) is 0 Å². The zero-order chi connectivity index (χ0) is 12.8. The molecule has 0 aliphatic heterocycles. The van der Waals surface area contributed by atoms with Gasteiger partial charge in [0.2, 0.25) is 0 Å². The van der Waals surface area contributed by atoms with Gasteiger partial charge in [-0.3, -0.25) is 0 Å². The van der Waals surface area contributed by atoms with Gasteiger partial charge >= 0.3 is 0 Å². The van der Waals surface area contributed by atoms with Crippen molar-refractivity contribution in [2.75, 3.05) is 6.61 Å². The van der Waals surface area contributed by atoms with Crippen molar-refractivity contribution in [1.82, 2.24) is 0 Å². The summed E-state index contributed by atoms with van der Waals surface area (Å²) < 4.78 is 5.59. The van der Waals surface area contributed by atoms with Gasteiger partial charge in [0, 0.05) is 5.02 Å². The van der Waals surface area contributed by atoms with E-state index >= 15 is 0 Å². The Hall–Kier alpha value is -1.73. The number of hydrogen-bond donors (Lipinski definition) is 0. The first-order valence-corrected chi connectivity index (χ1v) is 6.23. The first-order chi connectivity index (χ1) is 8.74. The van der Waals surface area contributed by atoms with Gasteiger partial charge in [-0.15, -0.1) is 0 Å². The first-order valence-electron chi connectivity index (χ1n) is 5.85. The predicted octanol–water partition coefficient (Wildman–Crippen LogP) is 4.74. The molecule has 0 atom stereocenters. The second kappa shape index (κ2) is 6.27. The normalized spacial score (nSPS) is 10.8. The van der Waals surface area contributed by atoms with Crippen molar-refractivity contribution in [2.45, 2.75) is 6.92 Å². The molecule has 0 N–H and O–H groups in total. The summed E-state index contributed by atoms with van der Waals surface area (Å²) in [6.07, 6.45) is 3.98. The van der Waals surface area contributed by atoms with Crippen LogP contribution >= 0.6 is 11.6 Å². The Kier molecular flexibility index (Phi) is 4.43. The number of benzene rings is 2. The van der Waals surface area contributed by atoms with Crippen LogP contribution in [0.25, 0.3) is 6.08 Å². The zero-order valence-electron chi connectivity index (χ0n) is 10.3. The summed E-state index contributed by atoms with van der Waals surface area (Å²) in [5.41, 5.74) is 2.31. The van der Waals surface area contributed by atoms with E-state index < -0.39 is 0 Å². The van der Waals surface area contributed by atoms with Gasteiger partial charge in [-0.2, -0.15) is 0 Å². The van der Waals surface area contributed by atoms with Crippen LogP contribution < -0.4 is 4.74 Å². The Balaban J connectivity index is 1.87. The molecule has 0 unspecified atom stereocenters. The third-order valence-electron chi connectivity index (χ3n) is 2.53. The molecule has 92 valence electrons. The number of aryl methyl sites for hydroxylation is 1. The van der Waals surface area contributed by atoms with E-state index in [4.69, 9.17) is 16.3 Å². The Morgan fingerprint density at radius 2 is 1.89 bits per heavy atom. The molecule has 0 radical (unpaired) electrons. The molecule has 0 heterocycles. The highest BCUT2D eigenvalue weighted by atomic mass is 35.5. The lowest BCUT2D eigenvalue weighted by molar-refractivity contribution is 0.363. The van der Waals surface area contributed by atoms with E-state index in [2.05, 4.69) is 6.92 Å². The van der Waals surface area contributed by atoms with Crippen molar-refractivity contribution in [3.05, 3.63) is 70.8 Å². The summed E-state index contributed by atoms with van der Waals surface area (Å²) in [4.78, 5) is 0. The minimum atomic E-state index is 0.551. The highest BCUT2D eigenvalue weighted by Crippen LogP contribution is 2.13. The molecule has 0 aliphatic carbocycles. The Bertz CT molecular complexity index is 529. The van der Waals surface area contributed by atoms with E-state index in [1.54, 1.807) is 0 Å². The molecular weight excluding hydrogens is 244 g/mol. The highest BCUT2D eigenvalue weighted by molar-refractivity contribution is 6.30. The first kappa shape index (κ1) is 12.7. The van der Waals surface area contributed by atoms with Gasteiger partial charge in [0.05, 0.1) is 0 Å². The van der Waals surface area contributed by atoms with Gasteiger partial charge in [0.15, 0.2) is 0 Å². The molecule has 0 aromatic heterocycles. The van der Waals surface area contributed by atoms with E-state index in [9.17, 15) is 0 Å². The maximum Gasteiger partial charge on any atom is 0.119 e. The molecule has 2 aromatic carbocycles. The molecule has 0 aliphatic rings. The molecule has 0 spiro atoms. The standard InChI is InChI=1S/C16H15ClO/c1-13-7-9-16(10-8-13)18-11-3-5-14-4-2-6-15(17)12-14/h2-10,12H,11H2,1H3. The summed E-state index contributed by atoms with van der Waals surface area (Å²) in [5, 5.41) is 0.747. The molecule has 0 bridgehead atoms. The third-order valence-corrected chi connectivity index (χ3v) is 2.76. The van der Waals surface area contributed by atoms with Crippen LogP contribution in [0.1, 0.15) is 11.1 Å². The molecule has 18 heavy (non-hydrogen) atoms. The molecule has 0 amide bonds. The van der Waals surface area contributed by atoms with Crippen molar-refractivity contribution < 1.29 is 4.74 Å². The quantitative estimate of drug-likeness (QED) is 0.770. The lowest BCUT2D eigenvalue weighted by Crippen LogP contribution is -1.92. The van der Waals surface area contributed by atoms with Crippen molar-refractivity contribution >= 4 is 17.7 Å². The van der Waals surface area contributed by atoms with E-state index in [1.165, 1.54) is 5.56 Å². The third kappa shape index (κ3) is 3.94. The van der Waals surface area contributed by atoms with Gasteiger partial charge in [0.1, 0.15) is 12.4 Å². The Morgan fingerprint density at radius 1 is 1.11 bits per heavy atom. The van der Waals surface area contributed by atoms with Crippen LogP contribution in [-0.2, 0) is 0 Å². The van der Waals surface area contributed by atoms with E-state index in [0.717, 1.165) is 16.3 Å². The second-order valence-corrected chi connectivity index (χ2v) is 4.52. The molecule has 2 heteroatoms. The van der Waals surface area contributed by atoms with E-state index in [1.807, 2.05) is 60.7 Å². The van der Waals surface area contributed by atoms with Crippen molar-refractivity contribution in [1.29, 1.82) is 0 Å². The van der Waals surface area contributed by atoms with Crippen LogP contribution in [0.4, 0.5) is 0 Å². The van der Waals surface area contributed by atoms with Crippen LogP contribution in [-0.4, -0.2) is 6.61 Å². The molecule has 1 nitrogen and oxygen atoms in total. The fourth-order valence-corrected chi connectivity index (χ4v) is 1.77. The fourth-order valence-electron chi connectivity index (χ4n) is 1.57. The van der Waals surface area contributed by atoms with Crippen LogP contribution in [0.3, 0.4) is 0 Å². The van der Waals surface area contributed by atoms with Crippen LogP contribution in [0.2, 0.25) is 5.02 Å². The minimum Gasteiger partial charge on any atom is -0.490 e. The Morgan fingerprint density at radius 3 is 2.61 bits per heavy atom. The second-order valence-electron chi connectivity index (χ2n) is 4.08. The molecular formula is C16H15ClO. The van der Waals surface area contributed by atoms with Gasteiger partial charge in [-0.1, -0.05) is 47.5 Å². The molecule has 0 fully saturated rings. The summed E-state index contributed by atoms with van der Waals surface area (Å²) >= 11 is 5.90. The van der Waals surface area contributed by atoms with Crippen LogP contribution in [0.5, 0.6) is 5.75 Å². The van der Waals surface area contributed by atoms with Crippen molar-refractivity contribution in [3.63, 3.8) is 0 Å². The summed E-state index contributed by atoms with van der Waals surface area (Å²) in [6, 6.07) is 15.7. The average molecular weight is 259 g/mol. The Labute approximate surface area is 113 Å².